The topological polar surface area (TPSA) is 81.7 Å². The van der Waals surface area contributed by atoms with Crippen LogP contribution in [-0.4, -0.2) is 61.2 Å². The summed E-state index contributed by atoms with van der Waals surface area (Å²) in [6.07, 6.45) is 1.57. The lowest BCUT2D eigenvalue weighted by atomic mass is 10.1. The first-order valence-corrected chi connectivity index (χ1v) is 6.56. The Morgan fingerprint density at radius 1 is 1.39 bits per heavy atom. The molecule has 1 rings (SSSR count). The number of carboxylic acids is 1. The maximum absolute atomic E-state index is 11.7. The lowest BCUT2D eigenvalue weighted by Gasteiger charge is -2.19. The Morgan fingerprint density at radius 3 is 2.83 bits per heavy atom. The molecule has 6 heteroatoms. The summed E-state index contributed by atoms with van der Waals surface area (Å²) in [5.74, 6) is -1.42. The van der Waals surface area contributed by atoms with Crippen LogP contribution in [0.5, 0.6) is 0 Å². The molecule has 1 amide bonds. The third kappa shape index (κ3) is 5.46. The predicted octanol–water partition coefficient (Wildman–Crippen LogP) is -0.491. The van der Waals surface area contributed by atoms with Crippen LogP contribution in [0.25, 0.3) is 0 Å². The highest BCUT2D eigenvalue weighted by Crippen LogP contribution is 2.00. The predicted molar refractivity (Wildman–Crippen MR) is 68.4 cm³/mol. The van der Waals surface area contributed by atoms with E-state index in [1.165, 1.54) is 0 Å². The van der Waals surface area contributed by atoms with Crippen molar-refractivity contribution in [1.82, 2.24) is 15.5 Å². The van der Waals surface area contributed by atoms with Crippen LogP contribution in [0, 0.1) is 5.92 Å². The highest BCUT2D eigenvalue weighted by molar-refractivity contribution is 5.79. The molecule has 1 saturated heterocycles. The number of nitrogens with zero attached hydrogens (tertiary/aromatic N) is 1. The van der Waals surface area contributed by atoms with Crippen LogP contribution >= 0.6 is 0 Å². The smallest absolute Gasteiger partial charge is 0.308 e. The summed E-state index contributed by atoms with van der Waals surface area (Å²) in [6, 6.07) is 0. The monoisotopic (exact) mass is 257 g/mol. The van der Waals surface area contributed by atoms with Crippen molar-refractivity contribution in [1.29, 1.82) is 0 Å². The molecule has 0 saturated carbocycles. The number of rotatable bonds is 6. The average molecular weight is 257 g/mol. The molecule has 0 spiro atoms. The molecule has 1 aliphatic heterocycles. The summed E-state index contributed by atoms with van der Waals surface area (Å²) in [7, 11) is 0. The molecule has 104 valence electrons. The summed E-state index contributed by atoms with van der Waals surface area (Å²) in [5.41, 5.74) is 0. The van der Waals surface area contributed by atoms with Gasteiger partial charge in [0.2, 0.25) is 5.91 Å². The maximum atomic E-state index is 11.7. The molecule has 0 bridgehead atoms. The molecular weight excluding hydrogens is 234 g/mol. The number of carbonyl (C=O) groups excluding carboxylic acids is 1. The van der Waals surface area contributed by atoms with E-state index in [0.717, 1.165) is 32.6 Å². The summed E-state index contributed by atoms with van der Waals surface area (Å²) in [4.78, 5) is 24.6. The summed E-state index contributed by atoms with van der Waals surface area (Å²) in [5, 5.41) is 14.8. The molecule has 0 aromatic rings. The third-order valence-electron chi connectivity index (χ3n) is 3.19. The van der Waals surface area contributed by atoms with Crippen molar-refractivity contribution < 1.29 is 14.7 Å². The van der Waals surface area contributed by atoms with Crippen LogP contribution in [0.1, 0.15) is 19.8 Å². The van der Waals surface area contributed by atoms with Crippen molar-refractivity contribution in [3.8, 4) is 0 Å². The van der Waals surface area contributed by atoms with Gasteiger partial charge in [0.05, 0.1) is 12.5 Å². The van der Waals surface area contributed by atoms with Gasteiger partial charge in [0.1, 0.15) is 0 Å². The van der Waals surface area contributed by atoms with Gasteiger partial charge in [0.25, 0.3) is 0 Å². The van der Waals surface area contributed by atoms with Gasteiger partial charge in [0, 0.05) is 19.6 Å². The fourth-order valence-corrected chi connectivity index (χ4v) is 1.96. The molecular formula is C12H23N3O3. The zero-order valence-electron chi connectivity index (χ0n) is 10.9. The van der Waals surface area contributed by atoms with E-state index in [2.05, 4.69) is 15.5 Å². The van der Waals surface area contributed by atoms with E-state index in [-0.39, 0.29) is 12.5 Å². The molecule has 1 heterocycles. The fourth-order valence-electron chi connectivity index (χ4n) is 1.96. The van der Waals surface area contributed by atoms with Crippen LogP contribution in [0.2, 0.25) is 0 Å². The van der Waals surface area contributed by atoms with E-state index >= 15 is 0 Å². The van der Waals surface area contributed by atoms with Gasteiger partial charge in [-0.3, -0.25) is 14.5 Å². The Hall–Kier alpha value is -1.14. The minimum Gasteiger partial charge on any atom is -0.481 e. The lowest BCUT2D eigenvalue weighted by molar-refractivity contribution is -0.141. The van der Waals surface area contributed by atoms with Gasteiger partial charge >= 0.3 is 5.97 Å². The summed E-state index contributed by atoms with van der Waals surface area (Å²) in [6.45, 7) is 6.06. The Labute approximate surface area is 108 Å². The quantitative estimate of drug-likeness (QED) is 0.598. The van der Waals surface area contributed by atoms with Crippen LogP contribution in [0.15, 0.2) is 0 Å². The lowest BCUT2D eigenvalue weighted by Crippen LogP contribution is -2.41. The molecule has 0 radical (unpaired) electrons. The van der Waals surface area contributed by atoms with Gasteiger partial charge in [-0.25, -0.2) is 0 Å². The first-order valence-electron chi connectivity index (χ1n) is 6.56. The van der Waals surface area contributed by atoms with Gasteiger partial charge in [-0.2, -0.15) is 0 Å². The van der Waals surface area contributed by atoms with Crippen molar-refractivity contribution in [2.75, 3.05) is 39.3 Å². The molecule has 18 heavy (non-hydrogen) atoms. The van der Waals surface area contributed by atoms with Gasteiger partial charge in [0.15, 0.2) is 0 Å². The van der Waals surface area contributed by atoms with E-state index in [1.807, 2.05) is 6.92 Å². The average Bonchev–Trinajstić information content (AvgIpc) is 2.58. The molecule has 1 unspecified atom stereocenters. The second-order valence-corrected chi connectivity index (χ2v) is 4.63. The van der Waals surface area contributed by atoms with E-state index < -0.39 is 11.9 Å². The van der Waals surface area contributed by atoms with E-state index in [4.69, 9.17) is 5.11 Å². The van der Waals surface area contributed by atoms with Crippen molar-refractivity contribution in [2.45, 2.75) is 19.8 Å². The van der Waals surface area contributed by atoms with Crippen molar-refractivity contribution in [3.05, 3.63) is 0 Å². The standard InChI is InChI=1S/C12H23N3O3/c1-2-10(12(17)18)8-14-11(16)9-15-6-3-4-13-5-7-15/h10,13H,2-9H2,1H3,(H,14,16)(H,17,18). The molecule has 1 atom stereocenters. The zero-order valence-corrected chi connectivity index (χ0v) is 10.9. The third-order valence-corrected chi connectivity index (χ3v) is 3.19. The summed E-state index contributed by atoms with van der Waals surface area (Å²) >= 11 is 0. The van der Waals surface area contributed by atoms with Gasteiger partial charge < -0.3 is 15.7 Å². The number of amides is 1. The molecule has 0 aromatic carbocycles. The zero-order chi connectivity index (χ0) is 13.4. The molecule has 3 N–H and O–H groups in total. The minimum atomic E-state index is -0.850. The van der Waals surface area contributed by atoms with Crippen molar-refractivity contribution in [3.63, 3.8) is 0 Å². The van der Waals surface area contributed by atoms with E-state index in [1.54, 1.807) is 0 Å². The number of hydrogen-bond donors (Lipinski definition) is 3. The maximum Gasteiger partial charge on any atom is 0.308 e. The molecule has 0 aliphatic carbocycles. The molecule has 1 fully saturated rings. The normalized spacial score (nSPS) is 18.9. The van der Waals surface area contributed by atoms with E-state index in [9.17, 15) is 9.59 Å². The number of carboxylic acid groups (broad SMARTS) is 1. The van der Waals surface area contributed by atoms with Crippen LogP contribution < -0.4 is 10.6 Å². The van der Waals surface area contributed by atoms with Crippen LogP contribution in [0.3, 0.4) is 0 Å². The largest absolute Gasteiger partial charge is 0.481 e. The Morgan fingerprint density at radius 2 is 2.17 bits per heavy atom. The van der Waals surface area contributed by atoms with Gasteiger partial charge in [-0.05, 0) is 25.9 Å². The highest BCUT2D eigenvalue weighted by Gasteiger charge is 2.17. The van der Waals surface area contributed by atoms with Gasteiger partial charge in [-0.1, -0.05) is 6.92 Å². The van der Waals surface area contributed by atoms with Gasteiger partial charge in [-0.15, -0.1) is 0 Å². The van der Waals surface area contributed by atoms with Crippen LogP contribution in [-0.2, 0) is 9.59 Å². The Kier molecular flexibility index (Phi) is 6.67. The first-order chi connectivity index (χ1) is 8.63. The number of hydrogen-bond acceptors (Lipinski definition) is 4. The Bertz CT molecular complexity index is 276. The number of carbonyl (C=O) groups is 2. The fraction of sp³-hybridized carbons (Fsp3) is 0.833. The van der Waals surface area contributed by atoms with Crippen LogP contribution in [0.4, 0.5) is 0 Å². The van der Waals surface area contributed by atoms with Crippen molar-refractivity contribution in [2.24, 2.45) is 5.92 Å². The second kappa shape index (κ2) is 8.05. The summed E-state index contributed by atoms with van der Waals surface area (Å²) < 4.78 is 0. The minimum absolute atomic E-state index is 0.0865. The van der Waals surface area contributed by atoms with Crippen molar-refractivity contribution >= 4 is 11.9 Å². The molecule has 0 aromatic heterocycles. The number of nitrogens with one attached hydrogen (secondary N) is 2. The Balaban J connectivity index is 2.25. The van der Waals surface area contributed by atoms with E-state index in [0.29, 0.717) is 13.0 Å². The number of aliphatic carboxylic acids is 1. The molecule has 6 nitrogen and oxygen atoms in total. The molecule has 1 aliphatic rings. The first kappa shape index (κ1) is 14.9. The second-order valence-electron chi connectivity index (χ2n) is 4.63. The SMILES string of the molecule is CCC(CNC(=O)CN1CCCNCC1)C(=O)O. The highest BCUT2D eigenvalue weighted by atomic mass is 16.4.